The molecule has 1 fully saturated rings. The molecule has 0 aromatic heterocycles. The molecule has 3 aromatic carbocycles. The van der Waals surface area contributed by atoms with Gasteiger partial charge in [-0.25, -0.2) is 4.90 Å². The highest BCUT2D eigenvalue weighted by molar-refractivity contribution is 9.09. The molecule has 1 aliphatic heterocycles. The van der Waals surface area contributed by atoms with Gasteiger partial charge in [0.2, 0.25) is 11.8 Å². The molecule has 1 saturated heterocycles. The van der Waals surface area contributed by atoms with Crippen molar-refractivity contribution in [3.63, 3.8) is 0 Å². The van der Waals surface area contributed by atoms with E-state index in [1.54, 1.807) is 12.1 Å². The minimum Gasteiger partial charge on any atom is -0.545 e. The number of amides is 2. The number of carbonyl (C=O) groups excluding carboxylic acids is 3. The summed E-state index contributed by atoms with van der Waals surface area (Å²) in [6, 6.07) is 21.8. The standard InChI is InChI=1S/C25H16BrNO4/c26-25-16-10-4-1-7-13(16)19(14-8-2-5-11-17(14)25)20-21(25)23(29)27(22(20)28)18-12-6-3-9-15(18)24(30)31/h1-12,19-21H,(H,30,31)/p-1/t19?,20-,21-,25?/m0/s1. The first kappa shape index (κ1) is 18.5. The van der Waals surface area contributed by atoms with Crippen molar-refractivity contribution < 1.29 is 19.5 Å². The summed E-state index contributed by atoms with van der Waals surface area (Å²) in [6.07, 6.45) is 0. The van der Waals surface area contributed by atoms with Crippen LogP contribution in [-0.2, 0) is 13.9 Å². The number of alkyl halides is 1. The number of nitrogens with zero attached hydrogens (tertiary/aromatic N) is 1. The van der Waals surface area contributed by atoms with Crippen LogP contribution < -0.4 is 10.0 Å². The van der Waals surface area contributed by atoms with E-state index >= 15 is 0 Å². The number of halogens is 1. The molecule has 0 radical (unpaired) electrons. The van der Waals surface area contributed by atoms with E-state index in [1.807, 2.05) is 48.5 Å². The molecular weight excluding hydrogens is 458 g/mol. The number of hydrogen-bond donors (Lipinski definition) is 0. The highest BCUT2D eigenvalue weighted by Crippen LogP contribution is 2.66. The molecule has 2 bridgehead atoms. The number of anilines is 1. The number of aromatic carboxylic acids is 1. The van der Waals surface area contributed by atoms with Gasteiger partial charge in [0.15, 0.2) is 0 Å². The Kier molecular flexibility index (Phi) is 3.67. The van der Waals surface area contributed by atoms with Crippen LogP contribution in [0.4, 0.5) is 5.69 Å². The normalized spacial score (nSPS) is 27.6. The largest absolute Gasteiger partial charge is 0.545 e. The zero-order chi connectivity index (χ0) is 21.5. The van der Waals surface area contributed by atoms with Gasteiger partial charge >= 0.3 is 0 Å². The van der Waals surface area contributed by atoms with Gasteiger partial charge in [-0.2, -0.15) is 0 Å². The predicted molar refractivity (Wildman–Crippen MR) is 115 cm³/mol. The van der Waals surface area contributed by atoms with Crippen LogP contribution in [0.5, 0.6) is 0 Å². The molecule has 0 spiro atoms. The maximum absolute atomic E-state index is 13.8. The lowest BCUT2D eigenvalue weighted by molar-refractivity contribution is -0.254. The summed E-state index contributed by atoms with van der Waals surface area (Å²) in [5.74, 6) is -3.75. The van der Waals surface area contributed by atoms with E-state index in [2.05, 4.69) is 15.9 Å². The number of hydrogen-bond acceptors (Lipinski definition) is 4. The van der Waals surface area contributed by atoms with Gasteiger partial charge in [-0.1, -0.05) is 82.7 Å². The molecule has 31 heavy (non-hydrogen) atoms. The first-order chi connectivity index (χ1) is 15.0. The summed E-state index contributed by atoms with van der Waals surface area (Å²) in [5.41, 5.74) is 3.91. The van der Waals surface area contributed by atoms with Gasteiger partial charge in [0, 0.05) is 11.5 Å². The number of carboxylic acid groups (broad SMARTS) is 1. The Balaban J connectivity index is 1.62. The first-order valence-corrected chi connectivity index (χ1v) is 10.8. The van der Waals surface area contributed by atoms with Crippen molar-refractivity contribution in [2.24, 2.45) is 11.8 Å². The Bertz CT molecular complexity index is 1270. The van der Waals surface area contributed by atoms with Crippen molar-refractivity contribution >= 4 is 39.4 Å². The fraction of sp³-hybridized carbons (Fsp3) is 0.160. The third kappa shape index (κ3) is 2.13. The second kappa shape index (κ2) is 6.14. The van der Waals surface area contributed by atoms with Crippen LogP contribution in [0.3, 0.4) is 0 Å². The van der Waals surface area contributed by atoms with Gasteiger partial charge in [0.1, 0.15) is 0 Å². The maximum atomic E-state index is 13.8. The predicted octanol–water partition coefficient (Wildman–Crippen LogP) is 2.95. The molecule has 3 aliphatic carbocycles. The van der Waals surface area contributed by atoms with Crippen molar-refractivity contribution in [1.29, 1.82) is 0 Å². The van der Waals surface area contributed by atoms with Crippen molar-refractivity contribution in [3.05, 3.63) is 101 Å². The summed E-state index contributed by atoms with van der Waals surface area (Å²) in [6.45, 7) is 0. The third-order valence-electron chi connectivity index (χ3n) is 6.88. The molecule has 2 atom stereocenters. The molecule has 1 heterocycles. The monoisotopic (exact) mass is 472 g/mol. The van der Waals surface area contributed by atoms with Crippen LogP contribution in [-0.4, -0.2) is 17.8 Å². The van der Waals surface area contributed by atoms with E-state index in [4.69, 9.17) is 0 Å². The number of para-hydroxylation sites is 1. The molecule has 4 aliphatic rings. The molecule has 2 amide bonds. The number of imide groups is 1. The zero-order valence-corrected chi connectivity index (χ0v) is 17.7. The fourth-order valence-electron chi connectivity index (χ4n) is 5.76. The van der Waals surface area contributed by atoms with Crippen molar-refractivity contribution in [2.45, 2.75) is 10.2 Å². The second-order valence-corrected chi connectivity index (χ2v) is 9.43. The van der Waals surface area contributed by atoms with E-state index in [0.29, 0.717) is 0 Å². The SMILES string of the molecule is O=C([O-])c1ccccc1N1C(=O)[C@@H]2[C@@H](C1=O)C1c3ccccc3C2(Br)c2ccccc21. The number of rotatable bonds is 2. The molecule has 152 valence electrons. The molecule has 0 saturated carbocycles. The van der Waals surface area contributed by atoms with Gasteiger partial charge in [0.05, 0.1) is 27.8 Å². The lowest BCUT2D eigenvalue weighted by Crippen LogP contribution is -2.50. The molecule has 3 aromatic rings. The van der Waals surface area contributed by atoms with Crippen molar-refractivity contribution in [3.8, 4) is 0 Å². The molecule has 0 N–H and O–H groups in total. The van der Waals surface area contributed by atoms with Crippen LogP contribution >= 0.6 is 15.9 Å². The minimum absolute atomic E-state index is 0.0653. The van der Waals surface area contributed by atoms with Crippen LogP contribution in [0.1, 0.15) is 38.5 Å². The topological polar surface area (TPSA) is 77.5 Å². The Morgan fingerprint density at radius 3 is 2.00 bits per heavy atom. The van der Waals surface area contributed by atoms with E-state index in [9.17, 15) is 19.5 Å². The van der Waals surface area contributed by atoms with Crippen LogP contribution in [0.15, 0.2) is 72.8 Å². The molecular formula is C25H15BrNO4-. The number of benzene rings is 3. The zero-order valence-electron chi connectivity index (χ0n) is 16.1. The summed E-state index contributed by atoms with van der Waals surface area (Å²) >= 11 is 3.92. The highest BCUT2D eigenvalue weighted by atomic mass is 79.9. The van der Waals surface area contributed by atoms with Gasteiger partial charge in [-0.3, -0.25) is 9.59 Å². The van der Waals surface area contributed by atoms with Crippen LogP contribution in [0.2, 0.25) is 0 Å². The lowest BCUT2D eigenvalue weighted by Gasteiger charge is -2.51. The van der Waals surface area contributed by atoms with Crippen molar-refractivity contribution in [2.75, 3.05) is 4.90 Å². The second-order valence-electron chi connectivity index (χ2n) is 8.18. The fourth-order valence-corrected chi connectivity index (χ4v) is 6.96. The van der Waals surface area contributed by atoms with Crippen LogP contribution in [0, 0.1) is 11.8 Å². The number of carbonyl (C=O) groups is 3. The summed E-state index contributed by atoms with van der Waals surface area (Å²) in [4.78, 5) is 40.3. The minimum atomic E-state index is -1.42. The lowest BCUT2D eigenvalue weighted by atomic mass is 9.55. The summed E-state index contributed by atoms with van der Waals surface area (Å²) < 4.78 is -0.864. The first-order valence-electron chi connectivity index (χ1n) is 10.0. The van der Waals surface area contributed by atoms with E-state index < -0.39 is 28.0 Å². The van der Waals surface area contributed by atoms with Gasteiger partial charge < -0.3 is 9.90 Å². The average molecular weight is 473 g/mol. The molecule has 6 heteroatoms. The van der Waals surface area contributed by atoms with Crippen LogP contribution in [0.25, 0.3) is 0 Å². The van der Waals surface area contributed by atoms with Crippen molar-refractivity contribution in [1.82, 2.24) is 0 Å². The van der Waals surface area contributed by atoms with E-state index in [0.717, 1.165) is 27.2 Å². The Morgan fingerprint density at radius 2 is 1.39 bits per heavy atom. The Labute approximate surface area is 186 Å². The summed E-state index contributed by atoms with van der Waals surface area (Å²) in [7, 11) is 0. The molecule has 5 nitrogen and oxygen atoms in total. The van der Waals surface area contributed by atoms with Gasteiger partial charge in [-0.15, -0.1) is 0 Å². The summed E-state index contributed by atoms with van der Waals surface area (Å²) in [5, 5.41) is 11.7. The third-order valence-corrected chi connectivity index (χ3v) is 8.23. The van der Waals surface area contributed by atoms with E-state index in [-0.39, 0.29) is 23.1 Å². The van der Waals surface area contributed by atoms with E-state index in [1.165, 1.54) is 12.1 Å². The highest BCUT2D eigenvalue weighted by Gasteiger charge is 2.67. The maximum Gasteiger partial charge on any atom is 0.239 e. The molecule has 7 rings (SSSR count). The number of carboxylic acids is 1. The van der Waals surface area contributed by atoms with Gasteiger partial charge in [-0.05, 0) is 28.3 Å². The average Bonchev–Trinajstić information content (AvgIpc) is 3.05. The quantitative estimate of drug-likeness (QED) is 0.424. The van der Waals surface area contributed by atoms with Gasteiger partial charge in [0.25, 0.3) is 0 Å². The Hall–Kier alpha value is -3.25. The molecule has 0 unspecified atom stereocenters. The Morgan fingerprint density at radius 1 is 0.839 bits per heavy atom. The smallest absolute Gasteiger partial charge is 0.239 e.